The average molecular weight is 281 g/mol. The van der Waals surface area contributed by atoms with Crippen LogP contribution < -0.4 is 4.90 Å². The molecule has 1 atom stereocenters. The Kier molecular flexibility index (Phi) is 3.86. The third-order valence-corrected chi connectivity index (χ3v) is 3.89. The SMILES string of the molecule is CC1CN(C(=O)c2ccccn2)CCN1c1ccccc1. The van der Waals surface area contributed by atoms with Crippen molar-refractivity contribution in [3.8, 4) is 0 Å². The molecule has 0 aliphatic carbocycles. The van der Waals surface area contributed by atoms with Gasteiger partial charge in [0.1, 0.15) is 5.69 Å². The van der Waals surface area contributed by atoms with Crippen molar-refractivity contribution in [3.63, 3.8) is 0 Å². The molecule has 108 valence electrons. The van der Waals surface area contributed by atoms with Gasteiger partial charge < -0.3 is 9.80 Å². The van der Waals surface area contributed by atoms with Gasteiger partial charge in [-0.05, 0) is 31.2 Å². The molecule has 1 aromatic carbocycles. The summed E-state index contributed by atoms with van der Waals surface area (Å²) in [6.07, 6.45) is 1.66. The van der Waals surface area contributed by atoms with Crippen LogP contribution in [-0.2, 0) is 0 Å². The molecule has 4 nitrogen and oxygen atoms in total. The fourth-order valence-corrected chi connectivity index (χ4v) is 2.80. The molecular formula is C17H19N3O. The molecule has 0 radical (unpaired) electrons. The van der Waals surface area contributed by atoms with Crippen molar-refractivity contribution >= 4 is 11.6 Å². The number of carbonyl (C=O) groups is 1. The Morgan fingerprint density at radius 1 is 1.10 bits per heavy atom. The molecule has 0 spiro atoms. The van der Waals surface area contributed by atoms with Crippen molar-refractivity contribution in [2.45, 2.75) is 13.0 Å². The maximum Gasteiger partial charge on any atom is 0.272 e. The Bertz CT molecular complexity index is 600. The van der Waals surface area contributed by atoms with Gasteiger partial charge in [-0.3, -0.25) is 9.78 Å². The molecule has 1 aromatic heterocycles. The van der Waals surface area contributed by atoms with Gasteiger partial charge in [0.15, 0.2) is 0 Å². The number of amides is 1. The van der Waals surface area contributed by atoms with Crippen molar-refractivity contribution in [3.05, 3.63) is 60.4 Å². The summed E-state index contributed by atoms with van der Waals surface area (Å²) in [5, 5.41) is 0. The predicted molar refractivity (Wildman–Crippen MR) is 83.4 cm³/mol. The molecule has 3 rings (SSSR count). The maximum atomic E-state index is 12.4. The second-order valence-electron chi connectivity index (χ2n) is 5.34. The van der Waals surface area contributed by atoms with E-state index in [1.165, 1.54) is 5.69 Å². The van der Waals surface area contributed by atoms with Crippen LogP contribution in [0.5, 0.6) is 0 Å². The first-order valence-electron chi connectivity index (χ1n) is 7.27. The Balaban J connectivity index is 1.70. The van der Waals surface area contributed by atoms with E-state index in [1.807, 2.05) is 35.2 Å². The van der Waals surface area contributed by atoms with E-state index in [0.717, 1.165) is 19.6 Å². The molecule has 1 aliphatic rings. The standard InChI is InChI=1S/C17H19N3O/c1-14-13-19(17(21)16-9-5-6-10-18-16)11-12-20(14)15-7-3-2-4-8-15/h2-10,14H,11-13H2,1H3. The molecule has 0 saturated carbocycles. The first kappa shape index (κ1) is 13.6. The van der Waals surface area contributed by atoms with Crippen LogP contribution in [0.2, 0.25) is 0 Å². The second-order valence-corrected chi connectivity index (χ2v) is 5.34. The summed E-state index contributed by atoms with van der Waals surface area (Å²) in [4.78, 5) is 20.8. The smallest absolute Gasteiger partial charge is 0.272 e. The number of hydrogen-bond donors (Lipinski definition) is 0. The summed E-state index contributed by atoms with van der Waals surface area (Å²) >= 11 is 0. The number of piperazine rings is 1. The predicted octanol–water partition coefficient (Wildman–Crippen LogP) is 2.43. The lowest BCUT2D eigenvalue weighted by Crippen LogP contribution is -2.53. The van der Waals surface area contributed by atoms with Crippen molar-refractivity contribution in [2.75, 3.05) is 24.5 Å². The fourth-order valence-electron chi connectivity index (χ4n) is 2.80. The molecular weight excluding hydrogens is 262 g/mol. The van der Waals surface area contributed by atoms with E-state index >= 15 is 0 Å². The number of benzene rings is 1. The van der Waals surface area contributed by atoms with Gasteiger partial charge in [-0.1, -0.05) is 24.3 Å². The Hall–Kier alpha value is -2.36. The summed E-state index contributed by atoms with van der Waals surface area (Å²) < 4.78 is 0. The summed E-state index contributed by atoms with van der Waals surface area (Å²) in [5.41, 5.74) is 1.74. The zero-order valence-corrected chi connectivity index (χ0v) is 12.1. The first-order chi connectivity index (χ1) is 10.3. The zero-order chi connectivity index (χ0) is 14.7. The maximum absolute atomic E-state index is 12.4. The highest BCUT2D eigenvalue weighted by Crippen LogP contribution is 2.20. The number of carbonyl (C=O) groups excluding carboxylic acids is 1. The van der Waals surface area contributed by atoms with Crippen molar-refractivity contribution in [2.24, 2.45) is 0 Å². The third kappa shape index (κ3) is 2.89. The molecule has 4 heteroatoms. The van der Waals surface area contributed by atoms with E-state index < -0.39 is 0 Å². The second kappa shape index (κ2) is 5.95. The van der Waals surface area contributed by atoms with Gasteiger partial charge in [0.05, 0.1) is 0 Å². The molecule has 1 fully saturated rings. The molecule has 1 unspecified atom stereocenters. The Morgan fingerprint density at radius 3 is 2.52 bits per heavy atom. The molecule has 0 N–H and O–H groups in total. The van der Waals surface area contributed by atoms with Crippen LogP contribution in [0.3, 0.4) is 0 Å². The van der Waals surface area contributed by atoms with Gasteiger partial charge in [0.25, 0.3) is 5.91 Å². The molecule has 2 aromatic rings. The van der Waals surface area contributed by atoms with Crippen LogP contribution >= 0.6 is 0 Å². The van der Waals surface area contributed by atoms with E-state index in [2.05, 4.69) is 28.9 Å². The number of para-hydroxylation sites is 1. The Labute approximate surface area is 125 Å². The topological polar surface area (TPSA) is 36.4 Å². The lowest BCUT2D eigenvalue weighted by molar-refractivity contribution is 0.0720. The summed E-state index contributed by atoms with van der Waals surface area (Å²) in [6, 6.07) is 16.1. The lowest BCUT2D eigenvalue weighted by Gasteiger charge is -2.41. The number of anilines is 1. The number of nitrogens with zero attached hydrogens (tertiary/aromatic N) is 3. The zero-order valence-electron chi connectivity index (χ0n) is 12.1. The normalized spacial score (nSPS) is 18.6. The van der Waals surface area contributed by atoms with E-state index in [4.69, 9.17) is 0 Å². The quantitative estimate of drug-likeness (QED) is 0.848. The van der Waals surface area contributed by atoms with Crippen LogP contribution in [-0.4, -0.2) is 41.5 Å². The van der Waals surface area contributed by atoms with Gasteiger partial charge in [-0.2, -0.15) is 0 Å². The largest absolute Gasteiger partial charge is 0.365 e. The van der Waals surface area contributed by atoms with E-state index in [0.29, 0.717) is 11.7 Å². The third-order valence-electron chi connectivity index (χ3n) is 3.89. The summed E-state index contributed by atoms with van der Waals surface area (Å²) in [5.74, 6) is 0.0233. The van der Waals surface area contributed by atoms with Crippen molar-refractivity contribution in [1.82, 2.24) is 9.88 Å². The molecule has 1 amide bonds. The number of pyridine rings is 1. The van der Waals surface area contributed by atoms with Crippen LogP contribution in [0, 0.1) is 0 Å². The van der Waals surface area contributed by atoms with Gasteiger partial charge in [0, 0.05) is 37.6 Å². The highest BCUT2D eigenvalue weighted by Gasteiger charge is 2.27. The van der Waals surface area contributed by atoms with E-state index in [-0.39, 0.29) is 5.91 Å². The van der Waals surface area contributed by atoms with Gasteiger partial charge >= 0.3 is 0 Å². The van der Waals surface area contributed by atoms with Crippen LogP contribution in [0.25, 0.3) is 0 Å². The molecule has 1 aliphatic heterocycles. The van der Waals surface area contributed by atoms with Crippen LogP contribution in [0.4, 0.5) is 5.69 Å². The summed E-state index contributed by atoms with van der Waals surface area (Å²) in [7, 11) is 0. The van der Waals surface area contributed by atoms with Crippen molar-refractivity contribution < 1.29 is 4.79 Å². The molecule has 0 bridgehead atoms. The molecule has 21 heavy (non-hydrogen) atoms. The van der Waals surface area contributed by atoms with E-state index in [9.17, 15) is 4.79 Å². The highest BCUT2D eigenvalue weighted by molar-refractivity contribution is 5.92. The minimum Gasteiger partial charge on any atom is -0.365 e. The van der Waals surface area contributed by atoms with Gasteiger partial charge in [-0.15, -0.1) is 0 Å². The molecule has 2 heterocycles. The monoisotopic (exact) mass is 281 g/mol. The minimum atomic E-state index is 0.0233. The first-order valence-corrected chi connectivity index (χ1v) is 7.27. The highest BCUT2D eigenvalue weighted by atomic mass is 16.2. The number of aromatic nitrogens is 1. The fraction of sp³-hybridized carbons (Fsp3) is 0.294. The Morgan fingerprint density at radius 2 is 1.86 bits per heavy atom. The minimum absolute atomic E-state index is 0.0233. The lowest BCUT2D eigenvalue weighted by atomic mass is 10.1. The van der Waals surface area contributed by atoms with Crippen LogP contribution in [0.15, 0.2) is 54.7 Å². The number of rotatable bonds is 2. The number of hydrogen-bond acceptors (Lipinski definition) is 3. The van der Waals surface area contributed by atoms with Crippen LogP contribution in [0.1, 0.15) is 17.4 Å². The van der Waals surface area contributed by atoms with Gasteiger partial charge in [-0.25, -0.2) is 0 Å². The van der Waals surface area contributed by atoms with E-state index in [1.54, 1.807) is 12.3 Å². The molecule has 1 saturated heterocycles. The van der Waals surface area contributed by atoms with Crippen molar-refractivity contribution in [1.29, 1.82) is 0 Å². The average Bonchev–Trinajstić information content (AvgIpc) is 2.55. The van der Waals surface area contributed by atoms with Gasteiger partial charge in [0.2, 0.25) is 0 Å². The summed E-state index contributed by atoms with van der Waals surface area (Å²) in [6.45, 7) is 4.47.